The van der Waals surface area contributed by atoms with E-state index >= 15 is 0 Å². The molecule has 2 N–H and O–H groups in total. The van der Waals surface area contributed by atoms with Gasteiger partial charge < -0.3 is 20.1 Å². The largest absolute Gasteiger partial charge is 0.484 e. The molecule has 0 heterocycles. The number of ether oxygens (including phenoxy) is 2. The highest BCUT2D eigenvalue weighted by atomic mass is 19.1. The quantitative estimate of drug-likeness (QED) is 0.385. The molecule has 0 aromatic heterocycles. The van der Waals surface area contributed by atoms with Crippen molar-refractivity contribution in [2.24, 2.45) is 0 Å². The van der Waals surface area contributed by atoms with Crippen LogP contribution in [0.3, 0.4) is 0 Å². The van der Waals surface area contributed by atoms with Gasteiger partial charge in [-0.25, -0.2) is 4.39 Å². The molecule has 0 saturated carbocycles. The highest BCUT2D eigenvalue weighted by Crippen LogP contribution is 2.15. The Hall–Kier alpha value is -3.70. The van der Waals surface area contributed by atoms with Crippen molar-refractivity contribution < 1.29 is 23.5 Å². The van der Waals surface area contributed by atoms with Gasteiger partial charge in [0.1, 0.15) is 23.2 Å². The van der Waals surface area contributed by atoms with Gasteiger partial charge >= 0.3 is 0 Å². The zero-order valence-electron chi connectivity index (χ0n) is 15.8. The van der Waals surface area contributed by atoms with Crippen molar-refractivity contribution in [2.75, 3.05) is 32.2 Å². The molecule has 2 aromatic carbocycles. The lowest BCUT2D eigenvalue weighted by Gasteiger charge is -2.08. The van der Waals surface area contributed by atoms with Gasteiger partial charge in [0, 0.05) is 19.3 Å². The Labute approximate surface area is 167 Å². The first-order valence-electron chi connectivity index (χ1n) is 8.69. The number of methoxy groups -OCH3 is 1. The van der Waals surface area contributed by atoms with Crippen molar-refractivity contribution in [1.82, 2.24) is 5.32 Å². The molecular formula is C21H20FN3O4. The average Bonchev–Trinajstić information content (AvgIpc) is 2.73. The number of halogens is 1. The first-order chi connectivity index (χ1) is 14.0. The Morgan fingerprint density at radius 2 is 1.83 bits per heavy atom. The number of nitrogens with zero attached hydrogens (tertiary/aromatic N) is 1. The van der Waals surface area contributed by atoms with Crippen molar-refractivity contribution in [3.8, 4) is 11.8 Å². The lowest BCUT2D eigenvalue weighted by atomic mass is 10.1. The van der Waals surface area contributed by atoms with Crippen LogP contribution in [0.15, 0.2) is 54.1 Å². The van der Waals surface area contributed by atoms with Gasteiger partial charge in [0.15, 0.2) is 6.61 Å². The van der Waals surface area contributed by atoms with Gasteiger partial charge in [-0.1, -0.05) is 12.1 Å². The van der Waals surface area contributed by atoms with Gasteiger partial charge in [-0.3, -0.25) is 9.59 Å². The fraction of sp³-hybridized carbons (Fsp3) is 0.190. The molecule has 2 aromatic rings. The highest BCUT2D eigenvalue weighted by Gasteiger charge is 2.08. The number of carbonyl (C=O) groups excluding carboxylic acids is 2. The molecule has 0 saturated heterocycles. The van der Waals surface area contributed by atoms with Gasteiger partial charge in [-0.2, -0.15) is 5.26 Å². The molecule has 0 unspecified atom stereocenters. The minimum absolute atomic E-state index is 0.0338. The summed E-state index contributed by atoms with van der Waals surface area (Å²) in [6.07, 6.45) is 1.45. The van der Waals surface area contributed by atoms with Crippen LogP contribution in [0.4, 0.5) is 10.1 Å². The second-order valence-electron chi connectivity index (χ2n) is 5.83. The van der Waals surface area contributed by atoms with Crippen LogP contribution in [0.25, 0.3) is 6.08 Å². The third kappa shape index (κ3) is 7.44. The maximum absolute atomic E-state index is 12.9. The summed E-state index contributed by atoms with van der Waals surface area (Å²) in [6, 6.07) is 13.8. The summed E-state index contributed by atoms with van der Waals surface area (Å²) < 4.78 is 23.1. The van der Waals surface area contributed by atoms with E-state index in [-0.39, 0.29) is 23.9 Å². The zero-order valence-corrected chi connectivity index (χ0v) is 15.8. The third-order valence-electron chi connectivity index (χ3n) is 3.65. The lowest BCUT2D eigenvalue weighted by molar-refractivity contribution is -0.118. The van der Waals surface area contributed by atoms with Crippen molar-refractivity contribution in [1.29, 1.82) is 5.26 Å². The Morgan fingerprint density at radius 3 is 2.45 bits per heavy atom. The van der Waals surface area contributed by atoms with Gasteiger partial charge in [-0.15, -0.1) is 0 Å². The average molecular weight is 397 g/mol. The Balaban J connectivity index is 1.88. The topological polar surface area (TPSA) is 100 Å². The number of benzene rings is 2. The molecule has 2 rings (SSSR count). The first-order valence-corrected chi connectivity index (χ1v) is 8.69. The summed E-state index contributed by atoms with van der Waals surface area (Å²) in [6.45, 7) is 0.435. The molecule has 0 bridgehead atoms. The number of amides is 2. The SMILES string of the molecule is COCCNC(=O)/C(C#N)=C/c1ccc(OCC(=O)Nc2ccc(F)cc2)cc1. The molecule has 0 spiro atoms. The minimum Gasteiger partial charge on any atom is -0.484 e. The number of anilines is 1. The maximum Gasteiger partial charge on any atom is 0.262 e. The molecule has 7 nitrogen and oxygen atoms in total. The number of nitrogens with one attached hydrogen (secondary N) is 2. The van der Waals surface area contributed by atoms with E-state index in [1.807, 2.05) is 6.07 Å². The lowest BCUT2D eigenvalue weighted by Crippen LogP contribution is -2.27. The van der Waals surface area contributed by atoms with E-state index in [0.717, 1.165) is 0 Å². The minimum atomic E-state index is -0.484. The van der Waals surface area contributed by atoms with E-state index in [4.69, 9.17) is 14.7 Å². The van der Waals surface area contributed by atoms with Gasteiger partial charge in [-0.05, 0) is 48.0 Å². The Bertz CT molecular complexity index is 903. The van der Waals surface area contributed by atoms with Crippen LogP contribution in [-0.4, -0.2) is 38.7 Å². The third-order valence-corrected chi connectivity index (χ3v) is 3.65. The van der Waals surface area contributed by atoms with Crippen LogP contribution < -0.4 is 15.4 Å². The van der Waals surface area contributed by atoms with Crippen molar-refractivity contribution >= 4 is 23.6 Å². The fourth-order valence-electron chi connectivity index (χ4n) is 2.22. The number of rotatable bonds is 9. The molecule has 2 amide bonds. The summed E-state index contributed by atoms with van der Waals surface area (Å²) in [5.74, 6) is -0.817. The van der Waals surface area contributed by atoms with E-state index in [9.17, 15) is 14.0 Å². The molecule has 0 aliphatic rings. The molecule has 29 heavy (non-hydrogen) atoms. The molecule has 0 aliphatic carbocycles. The smallest absolute Gasteiger partial charge is 0.262 e. The number of nitriles is 1. The summed E-state index contributed by atoms with van der Waals surface area (Å²) in [4.78, 5) is 23.8. The van der Waals surface area contributed by atoms with Crippen molar-refractivity contribution in [3.05, 3.63) is 65.5 Å². The molecule has 8 heteroatoms. The molecule has 150 valence electrons. The number of hydrogen-bond donors (Lipinski definition) is 2. The Kier molecular flexibility index (Phi) is 8.35. The van der Waals surface area contributed by atoms with Crippen LogP contribution in [0.5, 0.6) is 5.75 Å². The van der Waals surface area contributed by atoms with Crippen molar-refractivity contribution in [3.63, 3.8) is 0 Å². The molecular weight excluding hydrogens is 377 g/mol. The number of carbonyl (C=O) groups is 2. The van der Waals surface area contributed by atoms with E-state index in [2.05, 4.69) is 10.6 Å². The van der Waals surface area contributed by atoms with Gasteiger partial charge in [0.05, 0.1) is 6.61 Å². The highest BCUT2D eigenvalue weighted by molar-refractivity contribution is 6.01. The zero-order chi connectivity index (χ0) is 21.1. The fourth-order valence-corrected chi connectivity index (χ4v) is 2.22. The van der Waals surface area contributed by atoms with Crippen LogP contribution >= 0.6 is 0 Å². The summed E-state index contributed by atoms with van der Waals surface area (Å²) in [5, 5.41) is 14.3. The van der Waals surface area contributed by atoms with E-state index in [1.54, 1.807) is 24.3 Å². The monoisotopic (exact) mass is 397 g/mol. The summed E-state index contributed by atoms with van der Waals surface area (Å²) in [7, 11) is 1.52. The second kappa shape index (κ2) is 11.2. The van der Waals surface area contributed by atoms with Gasteiger partial charge in [0.25, 0.3) is 11.8 Å². The number of hydrogen-bond acceptors (Lipinski definition) is 5. The summed E-state index contributed by atoms with van der Waals surface area (Å²) >= 11 is 0. The molecule has 0 fully saturated rings. The van der Waals surface area contributed by atoms with Crippen LogP contribution in [0.2, 0.25) is 0 Å². The summed E-state index contributed by atoms with van der Waals surface area (Å²) in [5.41, 5.74) is 1.06. The van der Waals surface area contributed by atoms with Crippen LogP contribution in [-0.2, 0) is 14.3 Å². The van der Waals surface area contributed by atoms with Crippen molar-refractivity contribution in [2.45, 2.75) is 0 Å². The van der Waals surface area contributed by atoms with E-state index in [1.165, 1.54) is 37.5 Å². The second-order valence-corrected chi connectivity index (χ2v) is 5.83. The first kappa shape index (κ1) is 21.6. The molecule has 0 atom stereocenters. The normalized spacial score (nSPS) is 10.7. The van der Waals surface area contributed by atoms with Crippen LogP contribution in [0, 0.1) is 17.1 Å². The van der Waals surface area contributed by atoms with Gasteiger partial charge in [0.2, 0.25) is 0 Å². The predicted molar refractivity (Wildman–Crippen MR) is 105 cm³/mol. The standard InChI is InChI=1S/C21H20FN3O4/c1-28-11-10-24-21(27)16(13-23)12-15-2-8-19(9-3-15)29-14-20(26)25-18-6-4-17(22)5-7-18/h2-9,12H,10-11,14H2,1H3,(H,24,27)(H,25,26)/b16-12+. The van der Waals surface area contributed by atoms with Crippen LogP contribution in [0.1, 0.15) is 5.56 Å². The molecule has 0 radical (unpaired) electrons. The van der Waals surface area contributed by atoms with E-state index in [0.29, 0.717) is 30.2 Å². The predicted octanol–water partition coefficient (Wildman–Crippen LogP) is 2.51. The molecule has 0 aliphatic heterocycles. The maximum atomic E-state index is 12.9. The van der Waals surface area contributed by atoms with E-state index < -0.39 is 5.91 Å². The Morgan fingerprint density at radius 1 is 1.14 bits per heavy atom.